The van der Waals surface area contributed by atoms with Gasteiger partial charge in [0.2, 0.25) is 0 Å². The number of hydrogen-bond donors (Lipinski definition) is 1. The van der Waals surface area contributed by atoms with Crippen molar-refractivity contribution in [2.45, 2.75) is 38.5 Å². The van der Waals surface area contributed by atoms with Crippen LogP contribution in [0.5, 0.6) is 5.75 Å². The van der Waals surface area contributed by atoms with Crippen LogP contribution in [0.3, 0.4) is 0 Å². The lowest BCUT2D eigenvalue weighted by atomic mass is 9.82. The summed E-state index contributed by atoms with van der Waals surface area (Å²) in [4.78, 5) is 14.4. The Kier molecular flexibility index (Phi) is 6.19. The molecule has 1 aromatic rings. The lowest BCUT2D eigenvalue weighted by molar-refractivity contribution is 0.113. The molecule has 25 heavy (non-hydrogen) atoms. The zero-order valence-electron chi connectivity index (χ0n) is 15.4. The smallest absolute Gasteiger partial charge is 0.317 e. The van der Waals surface area contributed by atoms with Crippen LogP contribution >= 0.6 is 0 Å². The molecule has 5 heteroatoms. The normalized spacial score (nSPS) is 22.6. The summed E-state index contributed by atoms with van der Waals surface area (Å²) in [5, 5.41) is 3.16. The van der Waals surface area contributed by atoms with E-state index in [0.717, 1.165) is 51.3 Å². The van der Waals surface area contributed by atoms with Crippen molar-refractivity contribution in [2.75, 3.05) is 40.0 Å². The van der Waals surface area contributed by atoms with Gasteiger partial charge in [0.1, 0.15) is 5.75 Å². The van der Waals surface area contributed by atoms with Crippen molar-refractivity contribution < 1.29 is 14.3 Å². The van der Waals surface area contributed by atoms with Gasteiger partial charge in [-0.3, -0.25) is 0 Å². The molecule has 1 aliphatic heterocycles. The van der Waals surface area contributed by atoms with E-state index < -0.39 is 0 Å². The first-order chi connectivity index (χ1) is 12.2. The van der Waals surface area contributed by atoms with Gasteiger partial charge in [-0.1, -0.05) is 6.07 Å². The van der Waals surface area contributed by atoms with E-state index in [0.29, 0.717) is 18.4 Å². The van der Waals surface area contributed by atoms with Gasteiger partial charge >= 0.3 is 6.03 Å². The Morgan fingerprint density at radius 3 is 3.04 bits per heavy atom. The summed E-state index contributed by atoms with van der Waals surface area (Å²) < 4.78 is 10.8. The van der Waals surface area contributed by atoms with Gasteiger partial charge in [-0.2, -0.15) is 0 Å². The summed E-state index contributed by atoms with van der Waals surface area (Å²) in [7, 11) is 1.71. The standard InChI is InChI=1S/C20H30N2O3/c1-3-25-14-15-9-10-22(13-15)20(23)21-12-17-6-4-5-16-11-18(24-2)7-8-19(16)17/h7-8,11,15,17H,3-6,9-10,12-14H2,1-2H3,(H,21,23)/t15-,17+/m1/s1. The van der Waals surface area contributed by atoms with Crippen LogP contribution in [0.2, 0.25) is 0 Å². The average Bonchev–Trinajstić information content (AvgIpc) is 3.12. The van der Waals surface area contributed by atoms with Crippen LogP contribution in [0, 0.1) is 5.92 Å². The van der Waals surface area contributed by atoms with E-state index in [-0.39, 0.29) is 6.03 Å². The van der Waals surface area contributed by atoms with E-state index in [1.807, 2.05) is 17.9 Å². The van der Waals surface area contributed by atoms with Gasteiger partial charge in [0, 0.05) is 38.1 Å². The SMILES string of the molecule is CCOC[C@@H]1CCN(C(=O)NC[C@@H]2CCCc3cc(OC)ccc32)C1. The van der Waals surface area contributed by atoms with E-state index in [2.05, 4.69) is 17.4 Å². The van der Waals surface area contributed by atoms with Gasteiger partial charge in [0.15, 0.2) is 0 Å². The maximum Gasteiger partial charge on any atom is 0.317 e. The second kappa shape index (κ2) is 8.56. The Balaban J connectivity index is 1.52. The van der Waals surface area contributed by atoms with Crippen LogP contribution in [-0.2, 0) is 11.2 Å². The molecule has 2 aliphatic rings. The van der Waals surface area contributed by atoms with Crippen molar-refractivity contribution in [3.8, 4) is 5.75 Å². The first-order valence-corrected chi connectivity index (χ1v) is 9.48. The number of nitrogens with zero attached hydrogens (tertiary/aromatic N) is 1. The van der Waals surface area contributed by atoms with Crippen molar-refractivity contribution in [3.05, 3.63) is 29.3 Å². The molecule has 1 saturated heterocycles. The molecular weight excluding hydrogens is 316 g/mol. The monoisotopic (exact) mass is 346 g/mol. The molecule has 0 saturated carbocycles. The van der Waals surface area contributed by atoms with E-state index >= 15 is 0 Å². The molecule has 0 radical (unpaired) electrons. The minimum absolute atomic E-state index is 0.0691. The van der Waals surface area contributed by atoms with Crippen LogP contribution in [0.25, 0.3) is 0 Å². The van der Waals surface area contributed by atoms with E-state index in [1.54, 1.807) is 7.11 Å². The summed E-state index contributed by atoms with van der Waals surface area (Å²) in [6, 6.07) is 6.40. The lowest BCUT2D eigenvalue weighted by Gasteiger charge is -2.27. The Labute approximate surface area is 150 Å². The summed E-state index contributed by atoms with van der Waals surface area (Å²) >= 11 is 0. The molecule has 0 aromatic heterocycles. The highest BCUT2D eigenvalue weighted by Crippen LogP contribution is 2.33. The van der Waals surface area contributed by atoms with Gasteiger partial charge in [0.25, 0.3) is 0 Å². The fourth-order valence-electron chi connectivity index (χ4n) is 3.99. The number of carbonyl (C=O) groups excluding carboxylic acids is 1. The van der Waals surface area contributed by atoms with Crippen molar-refractivity contribution in [1.82, 2.24) is 10.2 Å². The van der Waals surface area contributed by atoms with Crippen LogP contribution in [0.4, 0.5) is 4.79 Å². The molecule has 1 N–H and O–H groups in total. The number of nitrogens with one attached hydrogen (secondary N) is 1. The first kappa shape index (κ1) is 18.1. The molecule has 1 fully saturated rings. The van der Waals surface area contributed by atoms with Crippen molar-refractivity contribution in [2.24, 2.45) is 5.92 Å². The topological polar surface area (TPSA) is 50.8 Å². The molecule has 1 aliphatic carbocycles. The minimum Gasteiger partial charge on any atom is -0.497 e. The third kappa shape index (κ3) is 4.46. The summed E-state index contributed by atoms with van der Waals surface area (Å²) in [5.41, 5.74) is 2.73. The molecule has 3 rings (SSSR count). The molecule has 0 spiro atoms. The van der Waals surface area contributed by atoms with Gasteiger partial charge in [0.05, 0.1) is 13.7 Å². The second-order valence-electron chi connectivity index (χ2n) is 7.10. The molecule has 1 heterocycles. The number of likely N-dealkylation sites (tertiary alicyclic amines) is 1. The van der Waals surface area contributed by atoms with Crippen LogP contribution in [0.15, 0.2) is 18.2 Å². The number of benzene rings is 1. The van der Waals surface area contributed by atoms with E-state index in [1.165, 1.54) is 17.5 Å². The van der Waals surface area contributed by atoms with Crippen molar-refractivity contribution in [1.29, 1.82) is 0 Å². The first-order valence-electron chi connectivity index (χ1n) is 9.48. The highest BCUT2D eigenvalue weighted by atomic mass is 16.5. The maximum absolute atomic E-state index is 12.5. The molecular formula is C20H30N2O3. The third-order valence-electron chi connectivity index (χ3n) is 5.42. The minimum atomic E-state index is 0.0691. The maximum atomic E-state index is 12.5. The molecule has 1 aromatic carbocycles. The van der Waals surface area contributed by atoms with Gasteiger partial charge in [-0.05, 0) is 55.9 Å². The van der Waals surface area contributed by atoms with Gasteiger partial charge in [-0.25, -0.2) is 4.79 Å². The molecule has 138 valence electrons. The quantitative estimate of drug-likeness (QED) is 0.861. The van der Waals surface area contributed by atoms with Crippen molar-refractivity contribution >= 4 is 6.03 Å². The predicted molar refractivity (Wildman–Crippen MR) is 98.2 cm³/mol. The molecule has 2 atom stereocenters. The van der Waals surface area contributed by atoms with Crippen LogP contribution < -0.4 is 10.1 Å². The molecule has 0 bridgehead atoms. The number of aryl methyl sites for hydroxylation is 1. The fourth-order valence-corrected chi connectivity index (χ4v) is 3.99. The van der Waals surface area contributed by atoms with E-state index in [4.69, 9.17) is 9.47 Å². The molecule has 0 unspecified atom stereocenters. The number of methoxy groups -OCH3 is 1. The number of urea groups is 1. The van der Waals surface area contributed by atoms with Crippen LogP contribution in [-0.4, -0.2) is 50.9 Å². The predicted octanol–water partition coefficient (Wildman–Crippen LogP) is 3.18. The Bertz CT molecular complexity index is 590. The summed E-state index contributed by atoms with van der Waals surface area (Å²) in [5.74, 6) is 1.80. The zero-order valence-corrected chi connectivity index (χ0v) is 15.4. The number of amides is 2. The summed E-state index contributed by atoms with van der Waals surface area (Å²) in [6.45, 7) is 5.88. The van der Waals surface area contributed by atoms with E-state index in [9.17, 15) is 4.79 Å². The number of hydrogen-bond acceptors (Lipinski definition) is 3. The van der Waals surface area contributed by atoms with Gasteiger partial charge < -0.3 is 19.7 Å². The molecule has 2 amide bonds. The number of fused-ring (bicyclic) bond motifs is 1. The average molecular weight is 346 g/mol. The fraction of sp³-hybridized carbons (Fsp3) is 0.650. The number of ether oxygens (including phenoxy) is 2. The Morgan fingerprint density at radius 1 is 1.36 bits per heavy atom. The number of carbonyl (C=O) groups is 1. The Hall–Kier alpha value is -1.75. The van der Waals surface area contributed by atoms with Crippen molar-refractivity contribution in [3.63, 3.8) is 0 Å². The third-order valence-corrected chi connectivity index (χ3v) is 5.42. The zero-order chi connectivity index (χ0) is 17.6. The lowest BCUT2D eigenvalue weighted by Crippen LogP contribution is -2.40. The highest BCUT2D eigenvalue weighted by Gasteiger charge is 2.27. The summed E-state index contributed by atoms with van der Waals surface area (Å²) in [6.07, 6.45) is 4.44. The Morgan fingerprint density at radius 2 is 2.24 bits per heavy atom. The van der Waals surface area contributed by atoms with Gasteiger partial charge in [-0.15, -0.1) is 0 Å². The second-order valence-corrected chi connectivity index (χ2v) is 7.10. The number of rotatable bonds is 6. The van der Waals surface area contributed by atoms with Crippen LogP contribution in [0.1, 0.15) is 43.2 Å². The largest absolute Gasteiger partial charge is 0.497 e. The molecule has 5 nitrogen and oxygen atoms in total. The highest BCUT2D eigenvalue weighted by molar-refractivity contribution is 5.74.